The summed E-state index contributed by atoms with van der Waals surface area (Å²) in [5, 5.41) is 13.0. The van der Waals surface area contributed by atoms with Crippen LogP contribution >= 0.6 is 0 Å². The zero-order chi connectivity index (χ0) is 15.1. The van der Waals surface area contributed by atoms with Crippen molar-refractivity contribution in [2.45, 2.75) is 38.6 Å². The van der Waals surface area contributed by atoms with Crippen molar-refractivity contribution in [3.8, 4) is 6.07 Å². The van der Waals surface area contributed by atoms with Crippen LogP contribution in [0, 0.1) is 17.2 Å². The van der Waals surface area contributed by atoms with Gasteiger partial charge in [0.1, 0.15) is 0 Å². The SMILES string of the molecule is CC(C)N(CC1CCCNC1)CC(C#N)c1ccccc1. The van der Waals surface area contributed by atoms with Crippen molar-refractivity contribution in [2.75, 3.05) is 26.2 Å². The summed E-state index contributed by atoms with van der Waals surface area (Å²) in [5.74, 6) is 0.682. The fraction of sp³-hybridized carbons (Fsp3) is 0.611. The first-order valence-corrected chi connectivity index (χ1v) is 8.10. The number of nitriles is 1. The molecule has 114 valence electrons. The molecule has 0 aromatic heterocycles. The summed E-state index contributed by atoms with van der Waals surface area (Å²) in [7, 11) is 0. The maximum atomic E-state index is 9.53. The Kier molecular flexibility index (Phi) is 6.22. The standard InChI is InChI=1S/C18H27N3/c1-15(2)21(13-16-7-6-10-20-12-16)14-18(11-19)17-8-4-3-5-9-17/h3-5,8-9,15-16,18,20H,6-7,10,12-14H2,1-2H3. The van der Waals surface area contributed by atoms with E-state index in [9.17, 15) is 5.26 Å². The lowest BCUT2D eigenvalue weighted by Gasteiger charge is -2.34. The molecule has 1 N–H and O–H groups in total. The minimum absolute atomic E-state index is 0.0369. The van der Waals surface area contributed by atoms with Gasteiger partial charge in [-0.1, -0.05) is 30.3 Å². The van der Waals surface area contributed by atoms with Crippen LogP contribution in [0.15, 0.2) is 30.3 Å². The Morgan fingerprint density at radius 2 is 2.10 bits per heavy atom. The van der Waals surface area contributed by atoms with Gasteiger partial charge in [0.05, 0.1) is 12.0 Å². The van der Waals surface area contributed by atoms with Gasteiger partial charge < -0.3 is 5.32 Å². The van der Waals surface area contributed by atoms with Gasteiger partial charge in [0.25, 0.3) is 0 Å². The van der Waals surface area contributed by atoms with E-state index >= 15 is 0 Å². The average molecular weight is 285 g/mol. The second-order valence-electron chi connectivity index (χ2n) is 6.35. The minimum atomic E-state index is -0.0369. The third-order valence-electron chi connectivity index (χ3n) is 4.40. The van der Waals surface area contributed by atoms with Crippen LogP contribution < -0.4 is 5.32 Å². The molecule has 0 spiro atoms. The zero-order valence-corrected chi connectivity index (χ0v) is 13.3. The van der Waals surface area contributed by atoms with Crippen LogP contribution in [-0.4, -0.2) is 37.1 Å². The molecule has 1 heterocycles. The molecule has 1 aromatic rings. The normalized spacial score (nSPS) is 20.4. The molecule has 1 aromatic carbocycles. The van der Waals surface area contributed by atoms with E-state index in [2.05, 4.69) is 42.3 Å². The maximum absolute atomic E-state index is 9.53. The molecule has 0 saturated carbocycles. The molecule has 3 heteroatoms. The molecule has 0 aliphatic carbocycles. The van der Waals surface area contributed by atoms with E-state index < -0.39 is 0 Å². The van der Waals surface area contributed by atoms with Crippen LogP contribution in [0.2, 0.25) is 0 Å². The molecule has 1 saturated heterocycles. The molecule has 21 heavy (non-hydrogen) atoms. The van der Waals surface area contributed by atoms with Crippen LogP contribution in [0.25, 0.3) is 0 Å². The zero-order valence-electron chi connectivity index (χ0n) is 13.3. The third-order valence-corrected chi connectivity index (χ3v) is 4.40. The molecule has 2 atom stereocenters. The lowest BCUT2D eigenvalue weighted by atomic mass is 9.96. The van der Waals surface area contributed by atoms with E-state index in [1.165, 1.54) is 12.8 Å². The van der Waals surface area contributed by atoms with Crippen molar-refractivity contribution in [2.24, 2.45) is 5.92 Å². The summed E-state index contributed by atoms with van der Waals surface area (Å²) in [6, 6.07) is 13.1. The van der Waals surface area contributed by atoms with E-state index in [4.69, 9.17) is 0 Å². The largest absolute Gasteiger partial charge is 0.316 e. The summed E-state index contributed by atoms with van der Waals surface area (Å²) in [6.45, 7) is 8.66. The van der Waals surface area contributed by atoms with Crippen molar-refractivity contribution in [3.63, 3.8) is 0 Å². The van der Waals surface area contributed by atoms with Crippen molar-refractivity contribution >= 4 is 0 Å². The van der Waals surface area contributed by atoms with Gasteiger partial charge in [0, 0.05) is 19.1 Å². The van der Waals surface area contributed by atoms with Gasteiger partial charge in [-0.15, -0.1) is 0 Å². The second kappa shape index (κ2) is 8.17. The van der Waals surface area contributed by atoms with Crippen LogP contribution in [0.1, 0.15) is 38.2 Å². The van der Waals surface area contributed by atoms with E-state index in [0.717, 1.165) is 37.7 Å². The van der Waals surface area contributed by atoms with Crippen molar-refractivity contribution in [3.05, 3.63) is 35.9 Å². The highest BCUT2D eigenvalue weighted by Gasteiger charge is 2.22. The van der Waals surface area contributed by atoms with E-state index in [1.54, 1.807) is 0 Å². The van der Waals surface area contributed by atoms with Crippen LogP contribution in [-0.2, 0) is 0 Å². The molecule has 1 fully saturated rings. The topological polar surface area (TPSA) is 39.1 Å². The van der Waals surface area contributed by atoms with Crippen molar-refractivity contribution in [1.29, 1.82) is 5.26 Å². The van der Waals surface area contributed by atoms with Crippen molar-refractivity contribution < 1.29 is 0 Å². The molecule has 1 aliphatic rings. The van der Waals surface area contributed by atoms with E-state index in [1.807, 2.05) is 18.2 Å². The van der Waals surface area contributed by atoms with Gasteiger partial charge in [-0.3, -0.25) is 4.90 Å². The molecule has 3 nitrogen and oxygen atoms in total. The fourth-order valence-corrected chi connectivity index (χ4v) is 3.05. The summed E-state index contributed by atoms with van der Waals surface area (Å²) < 4.78 is 0. The Morgan fingerprint density at radius 3 is 2.67 bits per heavy atom. The molecular formula is C18H27N3. The second-order valence-corrected chi connectivity index (χ2v) is 6.35. The molecule has 1 aliphatic heterocycles. The minimum Gasteiger partial charge on any atom is -0.316 e. The van der Waals surface area contributed by atoms with Crippen molar-refractivity contribution in [1.82, 2.24) is 10.2 Å². The molecular weight excluding hydrogens is 258 g/mol. The maximum Gasteiger partial charge on any atom is 0.0839 e. The van der Waals surface area contributed by atoms with E-state index in [-0.39, 0.29) is 5.92 Å². The number of nitrogens with one attached hydrogen (secondary N) is 1. The molecule has 0 amide bonds. The van der Waals surface area contributed by atoms with Gasteiger partial charge in [-0.05, 0) is 51.3 Å². The number of rotatable bonds is 6. The fourth-order valence-electron chi connectivity index (χ4n) is 3.05. The van der Waals surface area contributed by atoms with Gasteiger partial charge in [0.15, 0.2) is 0 Å². The Hall–Kier alpha value is -1.37. The van der Waals surface area contributed by atoms with Gasteiger partial charge in [-0.25, -0.2) is 0 Å². The van der Waals surface area contributed by atoms with Gasteiger partial charge in [-0.2, -0.15) is 5.26 Å². The molecule has 0 bridgehead atoms. The quantitative estimate of drug-likeness (QED) is 0.873. The Morgan fingerprint density at radius 1 is 1.33 bits per heavy atom. The lowest BCUT2D eigenvalue weighted by molar-refractivity contribution is 0.168. The first-order valence-electron chi connectivity index (χ1n) is 8.10. The first kappa shape index (κ1) is 16.0. The summed E-state index contributed by atoms with van der Waals surface area (Å²) in [4.78, 5) is 2.47. The predicted octanol–water partition coefficient (Wildman–Crippen LogP) is 3.00. The van der Waals surface area contributed by atoms with Crippen LogP contribution in [0.3, 0.4) is 0 Å². The van der Waals surface area contributed by atoms with Crippen LogP contribution in [0.4, 0.5) is 0 Å². The molecule has 0 radical (unpaired) electrons. The molecule has 2 rings (SSSR count). The number of benzene rings is 1. The highest BCUT2D eigenvalue weighted by Crippen LogP contribution is 2.20. The first-order chi connectivity index (χ1) is 10.2. The Balaban J connectivity index is 1.99. The Labute approximate surface area is 129 Å². The smallest absolute Gasteiger partial charge is 0.0839 e. The Bertz CT molecular complexity index is 443. The number of hydrogen-bond acceptors (Lipinski definition) is 3. The summed E-state index contributed by atoms with van der Waals surface area (Å²) >= 11 is 0. The summed E-state index contributed by atoms with van der Waals surface area (Å²) in [6.07, 6.45) is 2.58. The van der Waals surface area contributed by atoms with Gasteiger partial charge >= 0.3 is 0 Å². The van der Waals surface area contributed by atoms with Gasteiger partial charge in [0.2, 0.25) is 0 Å². The monoisotopic (exact) mass is 285 g/mol. The predicted molar refractivity (Wildman–Crippen MR) is 87.1 cm³/mol. The number of nitrogens with zero attached hydrogens (tertiary/aromatic N) is 2. The molecule has 2 unspecified atom stereocenters. The highest BCUT2D eigenvalue weighted by molar-refractivity contribution is 5.25. The number of hydrogen-bond donors (Lipinski definition) is 1. The average Bonchev–Trinajstić information content (AvgIpc) is 2.53. The van der Waals surface area contributed by atoms with Crippen LogP contribution in [0.5, 0.6) is 0 Å². The lowest BCUT2D eigenvalue weighted by Crippen LogP contribution is -2.42. The summed E-state index contributed by atoms with van der Waals surface area (Å²) in [5.41, 5.74) is 1.13. The third kappa shape index (κ3) is 4.84. The van der Waals surface area contributed by atoms with E-state index in [0.29, 0.717) is 6.04 Å². The highest BCUT2D eigenvalue weighted by atomic mass is 15.2. The number of piperidine rings is 1.